The molecule has 3 rings (SSSR count). The summed E-state index contributed by atoms with van der Waals surface area (Å²) in [5.74, 6) is 0.161. The Morgan fingerprint density at radius 1 is 1.38 bits per heavy atom. The minimum Gasteiger partial charge on any atom is -0.361 e. The second kappa shape index (κ2) is 6.31. The zero-order chi connectivity index (χ0) is 14.7. The fraction of sp³-hybridized carbons (Fsp3) is 0.471. The fourth-order valence-corrected chi connectivity index (χ4v) is 3.14. The Kier molecular flexibility index (Phi) is 4.25. The summed E-state index contributed by atoms with van der Waals surface area (Å²) < 4.78 is 0. The second-order valence-corrected chi connectivity index (χ2v) is 5.78. The molecular formula is C17H23N3O. The van der Waals surface area contributed by atoms with E-state index in [4.69, 9.17) is 0 Å². The van der Waals surface area contributed by atoms with E-state index in [9.17, 15) is 4.79 Å². The van der Waals surface area contributed by atoms with Crippen LogP contribution < -0.4 is 5.32 Å². The topological polar surface area (TPSA) is 48.1 Å². The van der Waals surface area contributed by atoms with Gasteiger partial charge in [0.15, 0.2) is 0 Å². The number of fused-ring (bicyclic) bond motifs is 1. The lowest BCUT2D eigenvalue weighted by Crippen LogP contribution is -2.49. The van der Waals surface area contributed by atoms with Crippen LogP contribution in [0.4, 0.5) is 0 Å². The predicted molar refractivity (Wildman–Crippen MR) is 85.5 cm³/mol. The number of aromatic nitrogens is 1. The molecule has 2 heterocycles. The summed E-state index contributed by atoms with van der Waals surface area (Å²) in [4.78, 5) is 18.1. The van der Waals surface area contributed by atoms with Gasteiger partial charge in [0.1, 0.15) is 0 Å². The highest BCUT2D eigenvalue weighted by Gasteiger charge is 2.25. The zero-order valence-corrected chi connectivity index (χ0v) is 12.6. The third-order valence-corrected chi connectivity index (χ3v) is 4.24. The van der Waals surface area contributed by atoms with Crippen LogP contribution in [0.5, 0.6) is 0 Å². The van der Waals surface area contributed by atoms with Crippen molar-refractivity contribution in [3.8, 4) is 0 Å². The third-order valence-electron chi connectivity index (χ3n) is 4.24. The molecule has 1 aliphatic heterocycles. The van der Waals surface area contributed by atoms with E-state index in [1.54, 1.807) is 0 Å². The Morgan fingerprint density at radius 2 is 2.29 bits per heavy atom. The lowest BCUT2D eigenvalue weighted by Gasteiger charge is -2.34. The van der Waals surface area contributed by atoms with Crippen molar-refractivity contribution < 1.29 is 4.79 Å². The second-order valence-electron chi connectivity index (χ2n) is 5.78. The summed E-state index contributed by atoms with van der Waals surface area (Å²) in [6.45, 7) is 4.94. The van der Waals surface area contributed by atoms with Crippen molar-refractivity contribution in [3.05, 3.63) is 36.0 Å². The van der Waals surface area contributed by atoms with Gasteiger partial charge in [0.2, 0.25) is 0 Å². The van der Waals surface area contributed by atoms with Crippen molar-refractivity contribution in [2.24, 2.45) is 0 Å². The highest BCUT2D eigenvalue weighted by Crippen LogP contribution is 2.19. The van der Waals surface area contributed by atoms with Gasteiger partial charge in [-0.15, -0.1) is 0 Å². The van der Waals surface area contributed by atoms with Gasteiger partial charge in [-0.2, -0.15) is 0 Å². The minimum absolute atomic E-state index is 0.161. The van der Waals surface area contributed by atoms with Gasteiger partial charge in [-0.3, -0.25) is 4.79 Å². The first-order valence-corrected chi connectivity index (χ1v) is 7.88. The molecule has 1 fully saturated rings. The maximum atomic E-state index is 12.9. The quantitative estimate of drug-likeness (QED) is 0.907. The molecule has 0 aliphatic carbocycles. The molecule has 1 aliphatic rings. The summed E-state index contributed by atoms with van der Waals surface area (Å²) in [5.41, 5.74) is 1.87. The number of aromatic amines is 1. The van der Waals surface area contributed by atoms with Gasteiger partial charge in [0.05, 0.1) is 0 Å². The van der Waals surface area contributed by atoms with Crippen LogP contribution in [-0.2, 0) is 0 Å². The molecule has 1 unspecified atom stereocenters. The minimum atomic E-state index is 0.161. The maximum Gasteiger partial charge on any atom is 0.254 e. The van der Waals surface area contributed by atoms with Gasteiger partial charge in [-0.25, -0.2) is 0 Å². The van der Waals surface area contributed by atoms with Crippen LogP contribution in [0.2, 0.25) is 0 Å². The number of amides is 1. The molecule has 0 saturated carbocycles. The SMILES string of the molecule is CCCN(C(=O)c1ccc2[nH]ccc2c1)C1CCCNC1. The average molecular weight is 285 g/mol. The first-order chi connectivity index (χ1) is 10.3. The highest BCUT2D eigenvalue weighted by molar-refractivity contribution is 5.98. The van der Waals surface area contributed by atoms with Crippen molar-refractivity contribution in [2.75, 3.05) is 19.6 Å². The molecule has 1 saturated heterocycles. The third kappa shape index (κ3) is 2.95. The van der Waals surface area contributed by atoms with E-state index in [1.165, 1.54) is 0 Å². The summed E-state index contributed by atoms with van der Waals surface area (Å²) in [6, 6.07) is 8.25. The van der Waals surface area contributed by atoms with Crippen molar-refractivity contribution in [1.82, 2.24) is 15.2 Å². The Bertz CT molecular complexity index is 613. The van der Waals surface area contributed by atoms with Gasteiger partial charge in [-0.1, -0.05) is 6.92 Å². The largest absolute Gasteiger partial charge is 0.361 e. The molecule has 2 aromatic rings. The van der Waals surface area contributed by atoms with E-state index in [0.29, 0.717) is 6.04 Å². The van der Waals surface area contributed by atoms with Crippen LogP contribution in [0.25, 0.3) is 10.9 Å². The Morgan fingerprint density at radius 3 is 3.05 bits per heavy atom. The number of piperidine rings is 1. The molecular weight excluding hydrogens is 262 g/mol. The predicted octanol–water partition coefficient (Wildman–Crippen LogP) is 2.77. The van der Waals surface area contributed by atoms with Crippen LogP contribution in [0.15, 0.2) is 30.5 Å². The van der Waals surface area contributed by atoms with Gasteiger partial charge >= 0.3 is 0 Å². The number of H-pyrrole nitrogens is 1. The number of hydrogen-bond acceptors (Lipinski definition) is 2. The summed E-state index contributed by atoms with van der Waals surface area (Å²) in [5, 5.41) is 4.50. The summed E-state index contributed by atoms with van der Waals surface area (Å²) in [6.07, 6.45) is 5.16. The smallest absolute Gasteiger partial charge is 0.254 e. The molecule has 0 radical (unpaired) electrons. The van der Waals surface area contributed by atoms with Crippen LogP contribution >= 0.6 is 0 Å². The molecule has 1 aromatic carbocycles. The number of benzene rings is 1. The van der Waals surface area contributed by atoms with E-state index < -0.39 is 0 Å². The molecule has 4 heteroatoms. The summed E-state index contributed by atoms with van der Waals surface area (Å²) in [7, 11) is 0. The van der Waals surface area contributed by atoms with Gasteiger partial charge in [0, 0.05) is 41.8 Å². The Balaban J connectivity index is 1.84. The highest BCUT2D eigenvalue weighted by atomic mass is 16.2. The van der Waals surface area contributed by atoms with E-state index >= 15 is 0 Å². The van der Waals surface area contributed by atoms with E-state index in [0.717, 1.165) is 55.4 Å². The molecule has 2 N–H and O–H groups in total. The molecule has 0 spiro atoms. The summed E-state index contributed by atoms with van der Waals surface area (Å²) >= 11 is 0. The lowest BCUT2D eigenvalue weighted by atomic mass is 10.0. The molecule has 4 nitrogen and oxygen atoms in total. The first-order valence-electron chi connectivity index (χ1n) is 7.88. The molecule has 21 heavy (non-hydrogen) atoms. The fourth-order valence-electron chi connectivity index (χ4n) is 3.14. The first kappa shape index (κ1) is 14.1. The zero-order valence-electron chi connectivity index (χ0n) is 12.6. The van der Waals surface area contributed by atoms with Crippen molar-refractivity contribution in [3.63, 3.8) is 0 Å². The Hall–Kier alpha value is -1.81. The normalized spacial score (nSPS) is 18.8. The van der Waals surface area contributed by atoms with Crippen LogP contribution in [0.3, 0.4) is 0 Å². The molecule has 112 valence electrons. The monoisotopic (exact) mass is 285 g/mol. The number of rotatable bonds is 4. The van der Waals surface area contributed by atoms with Gasteiger partial charge < -0.3 is 15.2 Å². The van der Waals surface area contributed by atoms with Gasteiger partial charge in [0.25, 0.3) is 5.91 Å². The van der Waals surface area contributed by atoms with Gasteiger partial charge in [-0.05, 0) is 50.1 Å². The van der Waals surface area contributed by atoms with Crippen molar-refractivity contribution >= 4 is 16.8 Å². The van der Waals surface area contributed by atoms with Crippen molar-refractivity contribution in [1.29, 1.82) is 0 Å². The number of nitrogens with one attached hydrogen (secondary N) is 2. The Labute approximate surface area is 125 Å². The average Bonchev–Trinajstić information content (AvgIpc) is 3.00. The lowest BCUT2D eigenvalue weighted by molar-refractivity contribution is 0.0649. The van der Waals surface area contributed by atoms with Crippen LogP contribution in [-0.4, -0.2) is 41.5 Å². The van der Waals surface area contributed by atoms with Crippen LogP contribution in [0, 0.1) is 0 Å². The standard InChI is InChI=1S/C17H23N3O/c1-2-10-20(15-4-3-8-18-12-15)17(21)14-5-6-16-13(11-14)7-9-19-16/h5-7,9,11,15,18-19H,2-4,8,10,12H2,1H3. The molecule has 1 aromatic heterocycles. The molecule has 1 amide bonds. The van der Waals surface area contributed by atoms with Crippen LogP contribution in [0.1, 0.15) is 36.5 Å². The number of nitrogens with zero attached hydrogens (tertiary/aromatic N) is 1. The van der Waals surface area contributed by atoms with E-state index in [1.807, 2.05) is 30.5 Å². The number of carbonyl (C=O) groups excluding carboxylic acids is 1. The van der Waals surface area contributed by atoms with E-state index in [-0.39, 0.29) is 5.91 Å². The van der Waals surface area contributed by atoms with Crippen molar-refractivity contribution in [2.45, 2.75) is 32.2 Å². The number of hydrogen-bond donors (Lipinski definition) is 2. The van der Waals surface area contributed by atoms with E-state index in [2.05, 4.69) is 22.1 Å². The molecule has 0 bridgehead atoms. The maximum absolute atomic E-state index is 12.9. The number of carbonyl (C=O) groups is 1. The molecule has 1 atom stereocenters.